The lowest BCUT2D eigenvalue weighted by Crippen LogP contribution is -2.54. The third-order valence-corrected chi connectivity index (χ3v) is 10.3. The first-order chi connectivity index (χ1) is 19.1. The average molecular weight is 527 g/mol. The van der Waals surface area contributed by atoms with Crippen molar-refractivity contribution < 1.29 is 9.53 Å². The summed E-state index contributed by atoms with van der Waals surface area (Å²) in [6, 6.07) is 6.26. The molecule has 4 unspecified atom stereocenters. The molecule has 9 aliphatic rings. The Morgan fingerprint density at radius 2 is 2.13 bits per heavy atom. The molecule has 8 heterocycles. The highest BCUT2D eigenvalue weighted by Crippen LogP contribution is 2.65. The molecule has 0 radical (unpaired) electrons. The SMILES string of the molecule is CC[C@@H]1c2nncn2-c2cnc3nc2N1C1CCC2(CC4C[C@@H](CCC42)NC(=O)c2ccc(c(OC)c2)N3)C1. The standard InChI is InChI=1S/C29H34N8O2/c1-3-22-26-35-31-15-36(26)23-14-30-28-33-21-7-4-16(11-24(21)39-2)27(38)32-18-5-6-20-17(10-18)12-29(20)9-8-19(13-29)37(22)25(23)34-28/h4,7,11,14-15,17-20,22H,3,5-6,8-10,12-13H2,1-2H3,(H,32,38)(H,30,33,34)/t17?,18-,19?,20?,22-,29?/m1/s1. The molecule has 2 aromatic heterocycles. The molecule has 10 heteroatoms. The van der Waals surface area contributed by atoms with Gasteiger partial charge in [-0.15, -0.1) is 10.2 Å². The zero-order chi connectivity index (χ0) is 26.3. The number of nitrogens with zero attached hydrogens (tertiary/aromatic N) is 6. The molecule has 10 nitrogen and oxygen atoms in total. The maximum atomic E-state index is 13.2. The molecule has 3 saturated carbocycles. The Bertz CT molecular complexity index is 1470. The van der Waals surface area contributed by atoms with E-state index >= 15 is 0 Å². The minimum Gasteiger partial charge on any atom is -0.495 e. The lowest BCUT2D eigenvalue weighted by molar-refractivity contribution is -0.0731. The molecule has 6 atom stereocenters. The molecular formula is C29H34N8O2. The van der Waals surface area contributed by atoms with Crippen LogP contribution in [-0.4, -0.2) is 49.8 Å². The van der Waals surface area contributed by atoms with Crippen LogP contribution in [0.5, 0.6) is 5.75 Å². The fourth-order valence-corrected chi connectivity index (χ4v) is 8.67. The predicted molar refractivity (Wildman–Crippen MR) is 146 cm³/mol. The van der Waals surface area contributed by atoms with E-state index in [0.717, 1.165) is 54.6 Å². The van der Waals surface area contributed by atoms with Crippen LogP contribution in [0, 0.1) is 17.3 Å². The first-order valence-electron chi connectivity index (χ1n) is 14.4. The Labute approximate surface area is 227 Å². The Morgan fingerprint density at radius 1 is 1.21 bits per heavy atom. The highest BCUT2D eigenvalue weighted by molar-refractivity contribution is 5.95. The van der Waals surface area contributed by atoms with Gasteiger partial charge in [0.15, 0.2) is 11.6 Å². The van der Waals surface area contributed by atoms with Crippen molar-refractivity contribution in [2.45, 2.75) is 76.4 Å². The molecule has 6 aliphatic heterocycles. The number of hydrogen-bond donors (Lipinski definition) is 2. The Balaban J connectivity index is 1.27. The van der Waals surface area contributed by atoms with Crippen LogP contribution in [0.3, 0.4) is 0 Å². The van der Waals surface area contributed by atoms with Gasteiger partial charge in [-0.25, -0.2) is 4.98 Å². The molecule has 39 heavy (non-hydrogen) atoms. The number of aromatic nitrogens is 5. The minimum atomic E-state index is -0.0320. The topological polar surface area (TPSA) is 110 Å². The number of anilines is 3. The van der Waals surface area contributed by atoms with Crippen LogP contribution in [0.25, 0.3) is 5.69 Å². The normalized spacial score (nSPS) is 32.0. The van der Waals surface area contributed by atoms with Gasteiger partial charge in [0.25, 0.3) is 5.91 Å². The van der Waals surface area contributed by atoms with E-state index in [1.54, 1.807) is 19.5 Å². The molecule has 2 N–H and O–H groups in total. The summed E-state index contributed by atoms with van der Waals surface area (Å²) in [5.41, 5.74) is 2.66. The number of hydrogen-bond acceptors (Lipinski definition) is 8. The smallest absolute Gasteiger partial charge is 0.251 e. The maximum absolute atomic E-state index is 13.2. The van der Waals surface area contributed by atoms with E-state index in [1.807, 2.05) is 18.3 Å². The monoisotopic (exact) mass is 526 g/mol. The van der Waals surface area contributed by atoms with Crippen molar-refractivity contribution in [3.63, 3.8) is 0 Å². The predicted octanol–water partition coefficient (Wildman–Crippen LogP) is 4.55. The number of nitrogens with one attached hydrogen (secondary N) is 2. The third-order valence-electron chi connectivity index (χ3n) is 10.3. The summed E-state index contributed by atoms with van der Waals surface area (Å²) in [6.07, 6.45) is 12.8. The fourth-order valence-electron chi connectivity index (χ4n) is 8.67. The van der Waals surface area contributed by atoms with Crippen LogP contribution in [0.15, 0.2) is 30.7 Å². The fraction of sp³-hybridized carbons (Fsp3) is 0.552. The van der Waals surface area contributed by atoms with Crippen molar-refractivity contribution in [3.8, 4) is 11.4 Å². The average Bonchev–Trinajstić information content (AvgIpc) is 3.61. The quantitative estimate of drug-likeness (QED) is 0.500. The van der Waals surface area contributed by atoms with Gasteiger partial charge in [-0.3, -0.25) is 9.36 Å². The Morgan fingerprint density at radius 3 is 2.97 bits per heavy atom. The molecule has 1 spiro atoms. The number of carbonyl (C=O) groups excluding carboxylic acids is 1. The van der Waals surface area contributed by atoms with E-state index in [2.05, 4.69) is 42.2 Å². The zero-order valence-electron chi connectivity index (χ0n) is 22.4. The van der Waals surface area contributed by atoms with Gasteiger partial charge in [0, 0.05) is 17.6 Å². The van der Waals surface area contributed by atoms with Crippen molar-refractivity contribution in [2.75, 3.05) is 17.3 Å². The molecule has 12 rings (SSSR count). The van der Waals surface area contributed by atoms with Crippen molar-refractivity contribution >= 4 is 23.4 Å². The highest BCUT2D eigenvalue weighted by atomic mass is 16.5. The van der Waals surface area contributed by atoms with Gasteiger partial charge in [-0.1, -0.05) is 6.92 Å². The first-order valence-corrected chi connectivity index (χ1v) is 14.4. The van der Waals surface area contributed by atoms with Crippen molar-refractivity contribution in [1.29, 1.82) is 0 Å². The second-order valence-corrected chi connectivity index (χ2v) is 12.1. The van der Waals surface area contributed by atoms with Gasteiger partial charge in [-0.05, 0) is 86.8 Å². The lowest BCUT2D eigenvalue weighted by Gasteiger charge is -2.58. The molecule has 1 aromatic carbocycles. The van der Waals surface area contributed by atoms with Gasteiger partial charge in [0.05, 0.1) is 25.0 Å². The van der Waals surface area contributed by atoms with E-state index in [0.29, 0.717) is 34.6 Å². The summed E-state index contributed by atoms with van der Waals surface area (Å²) < 4.78 is 7.73. The summed E-state index contributed by atoms with van der Waals surface area (Å²) in [5, 5.41) is 15.5. The van der Waals surface area contributed by atoms with Crippen LogP contribution < -0.4 is 20.3 Å². The van der Waals surface area contributed by atoms with E-state index in [1.165, 1.54) is 25.7 Å². The van der Waals surface area contributed by atoms with Crippen LogP contribution >= 0.6 is 0 Å². The zero-order valence-corrected chi connectivity index (χ0v) is 22.4. The largest absolute Gasteiger partial charge is 0.495 e. The minimum absolute atomic E-state index is 0.0320. The van der Waals surface area contributed by atoms with Gasteiger partial charge in [-0.2, -0.15) is 4.98 Å². The van der Waals surface area contributed by atoms with E-state index in [9.17, 15) is 4.79 Å². The van der Waals surface area contributed by atoms with E-state index in [4.69, 9.17) is 9.72 Å². The molecule has 3 aromatic rings. The second-order valence-electron chi connectivity index (χ2n) is 12.1. The number of fused-ring (bicyclic) bond motifs is 3. The number of carbonyl (C=O) groups is 1. The van der Waals surface area contributed by atoms with Gasteiger partial charge in [0.2, 0.25) is 5.95 Å². The molecule has 202 valence electrons. The summed E-state index contributed by atoms with van der Waals surface area (Å²) >= 11 is 0. The summed E-state index contributed by atoms with van der Waals surface area (Å²) in [4.78, 5) is 25.5. The molecule has 9 bridgehead atoms. The maximum Gasteiger partial charge on any atom is 0.251 e. The molecule has 1 amide bonds. The van der Waals surface area contributed by atoms with Crippen LogP contribution in [-0.2, 0) is 0 Å². The van der Waals surface area contributed by atoms with Crippen LogP contribution in [0.4, 0.5) is 17.5 Å². The van der Waals surface area contributed by atoms with Crippen LogP contribution in [0.1, 0.15) is 80.5 Å². The molecule has 0 saturated heterocycles. The Kier molecular flexibility index (Phi) is 5.00. The summed E-state index contributed by atoms with van der Waals surface area (Å²) in [6.45, 7) is 2.23. The van der Waals surface area contributed by atoms with E-state index in [-0.39, 0.29) is 18.0 Å². The number of methoxy groups -OCH3 is 1. The summed E-state index contributed by atoms with van der Waals surface area (Å²) in [7, 11) is 1.62. The van der Waals surface area contributed by atoms with Crippen molar-refractivity contribution in [2.24, 2.45) is 17.3 Å². The van der Waals surface area contributed by atoms with Gasteiger partial charge >= 0.3 is 0 Å². The number of amides is 1. The lowest BCUT2D eigenvalue weighted by atomic mass is 9.48. The summed E-state index contributed by atoms with van der Waals surface area (Å²) in [5.74, 6) is 4.41. The Hall–Kier alpha value is -3.69. The number of benzene rings is 1. The van der Waals surface area contributed by atoms with Gasteiger partial charge < -0.3 is 20.3 Å². The van der Waals surface area contributed by atoms with Crippen molar-refractivity contribution in [1.82, 2.24) is 30.0 Å². The van der Waals surface area contributed by atoms with E-state index < -0.39 is 0 Å². The first kappa shape index (κ1) is 23.2. The highest BCUT2D eigenvalue weighted by Gasteiger charge is 2.59. The number of ether oxygens (including phenoxy) is 1. The second kappa shape index (κ2) is 8.40. The van der Waals surface area contributed by atoms with Crippen molar-refractivity contribution in [3.05, 3.63) is 42.1 Å². The molecule has 3 fully saturated rings. The number of rotatable bonds is 2. The van der Waals surface area contributed by atoms with Gasteiger partial charge in [0.1, 0.15) is 17.8 Å². The molecule has 3 aliphatic carbocycles. The van der Waals surface area contributed by atoms with Crippen LogP contribution in [0.2, 0.25) is 0 Å². The molecular weight excluding hydrogens is 492 g/mol. The third kappa shape index (κ3) is 3.36.